The van der Waals surface area contributed by atoms with Crippen LogP contribution >= 0.6 is 47.8 Å². The number of hydrogen-bond acceptors (Lipinski definition) is 2. The van der Waals surface area contributed by atoms with Crippen molar-refractivity contribution in [1.29, 1.82) is 0 Å². The van der Waals surface area contributed by atoms with Crippen LogP contribution in [0.15, 0.2) is 65.4 Å². The molecule has 2 aromatic rings. The zero-order chi connectivity index (χ0) is 19.0. The molecule has 2 aromatic carbocycles. The summed E-state index contributed by atoms with van der Waals surface area (Å²) in [7, 11) is 2.11. The molecule has 2 aliphatic heterocycles. The van der Waals surface area contributed by atoms with Crippen molar-refractivity contribution in [3.8, 4) is 0 Å². The number of likely N-dealkylation sites (N-methyl/N-ethyl adjacent to an activating group) is 1. The van der Waals surface area contributed by atoms with E-state index in [4.69, 9.17) is 35.4 Å². The van der Waals surface area contributed by atoms with Crippen LogP contribution in [0.2, 0.25) is 10.0 Å². The second-order valence-corrected chi connectivity index (χ2v) is 8.04. The van der Waals surface area contributed by atoms with Gasteiger partial charge in [-0.05, 0) is 59.7 Å². The second-order valence-electron chi connectivity index (χ2n) is 6.82. The summed E-state index contributed by atoms with van der Waals surface area (Å²) in [5.41, 5.74) is 5.48. The number of thiocarbonyl (C=S) groups is 1. The van der Waals surface area contributed by atoms with Crippen LogP contribution in [0, 0.1) is 0 Å². The van der Waals surface area contributed by atoms with Crippen LogP contribution in [0.25, 0.3) is 6.08 Å². The Morgan fingerprint density at radius 3 is 2.43 bits per heavy atom. The van der Waals surface area contributed by atoms with E-state index in [1.54, 1.807) is 0 Å². The predicted octanol–water partition coefficient (Wildman–Crippen LogP) is 5.22. The summed E-state index contributed by atoms with van der Waals surface area (Å²) in [5, 5.41) is 8.83. The SMILES string of the molecule is CN1CC2=C(NC(=S)NC2c2ccccc2Cl)/C(=C/c2ccccc2Cl)C1.Cl. The molecule has 2 heterocycles. The van der Waals surface area contributed by atoms with Gasteiger partial charge in [0.25, 0.3) is 0 Å². The van der Waals surface area contributed by atoms with Gasteiger partial charge in [-0.15, -0.1) is 12.4 Å². The molecule has 0 spiro atoms. The predicted molar refractivity (Wildman–Crippen MR) is 124 cm³/mol. The third-order valence-corrected chi connectivity index (χ3v) is 5.74. The van der Waals surface area contributed by atoms with Gasteiger partial charge in [-0.2, -0.15) is 0 Å². The van der Waals surface area contributed by atoms with Crippen LogP contribution in [0.1, 0.15) is 17.2 Å². The fourth-order valence-electron chi connectivity index (χ4n) is 3.64. The molecule has 28 heavy (non-hydrogen) atoms. The van der Waals surface area contributed by atoms with Gasteiger partial charge in [0.1, 0.15) is 0 Å². The lowest BCUT2D eigenvalue weighted by molar-refractivity contribution is 0.364. The van der Waals surface area contributed by atoms with Gasteiger partial charge in [-0.25, -0.2) is 0 Å². The lowest BCUT2D eigenvalue weighted by Crippen LogP contribution is -2.49. The van der Waals surface area contributed by atoms with E-state index in [1.165, 1.54) is 5.57 Å². The molecule has 0 aliphatic carbocycles. The maximum absolute atomic E-state index is 6.49. The molecule has 0 radical (unpaired) electrons. The van der Waals surface area contributed by atoms with Gasteiger partial charge in [0, 0.05) is 28.8 Å². The fraction of sp³-hybridized carbons (Fsp3) is 0.190. The molecule has 0 amide bonds. The minimum Gasteiger partial charge on any atom is -0.352 e. The van der Waals surface area contributed by atoms with Crippen LogP contribution in [-0.2, 0) is 0 Å². The molecule has 1 unspecified atom stereocenters. The lowest BCUT2D eigenvalue weighted by Gasteiger charge is -2.39. The summed E-state index contributed by atoms with van der Waals surface area (Å²) >= 11 is 18.4. The first-order valence-corrected chi connectivity index (χ1v) is 9.88. The first-order valence-electron chi connectivity index (χ1n) is 8.72. The lowest BCUT2D eigenvalue weighted by atomic mass is 9.89. The second kappa shape index (κ2) is 8.85. The molecule has 0 aromatic heterocycles. The number of rotatable bonds is 2. The van der Waals surface area contributed by atoms with E-state index in [1.807, 2.05) is 48.5 Å². The Hall–Kier alpha value is -1.56. The van der Waals surface area contributed by atoms with Crippen LogP contribution in [0.4, 0.5) is 0 Å². The van der Waals surface area contributed by atoms with E-state index < -0.39 is 0 Å². The molecule has 0 bridgehead atoms. The molecule has 2 aliphatic rings. The average molecular weight is 453 g/mol. The van der Waals surface area contributed by atoms with Gasteiger partial charge in [0.2, 0.25) is 0 Å². The van der Waals surface area contributed by atoms with E-state index >= 15 is 0 Å². The topological polar surface area (TPSA) is 27.3 Å². The summed E-state index contributed by atoms with van der Waals surface area (Å²) in [6.45, 7) is 1.64. The Bertz CT molecular complexity index is 971. The van der Waals surface area contributed by atoms with Crippen molar-refractivity contribution >= 4 is 59.0 Å². The molecule has 4 rings (SSSR count). The van der Waals surface area contributed by atoms with Gasteiger partial charge < -0.3 is 10.6 Å². The molecule has 0 fully saturated rings. The highest BCUT2D eigenvalue weighted by Gasteiger charge is 2.33. The normalized spacial score (nSPS) is 20.9. The zero-order valence-electron chi connectivity index (χ0n) is 15.2. The first kappa shape index (κ1) is 21.2. The first-order chi connectivity index (χ1) is 13.0. The number of nitrogens with one attached hydrogen (secondary N) is 2. The Morgan fingerprint density at radius 2 is 1.71 bits per heavy atom. The van der Waals surface area contributed by atoms with E-state index in [-0.39, 0.29) is 18.4 Å². The van der Waals surface area contributed by atoms with E-state index in [9.17, 15) is 0 Å². The van der Waals surface area contributed by atoms with Crippen molar-refractivity contribution in [3.05, 3.63) is 86.5 Å². The smallest absolute Gasteiger partial charge is 0.171 e. The largest absolute Gasteiger partial charge is 0.352 e. The Morgan fingerprint density at radius 1 is 1.04 bits per heavy atom. The number of halogens is 3. The third kappa shape index (κ3) is 4.22. The highest BCUT2D eigenvalue weighted by atomic mass is 35.5. The summed E-state index contributed by atoms with van der Waals surface area (Å²) in [5.74, 6) is 0. The molecule has 2 N–H and O–H groups in total. The van der Waals surface area contributed by atoms with Gasteiger partial charge >= 0.3 is 0 Å². The van der Waals surface area contributed by atoms with Crippen molar-refractivity contribution in [1.82, 2.24) is 15.5 Å². The minimum absolute atomic E-state index is 0. The number of nitrogens with zero attached hydrogens (tertiary/aromatic N) is 1. The maximum atomic E-state index is 6.49. The molecular weight excluding hydrogens is 433 g/mol. The van der Waals surface area contributed by atoms with Crippen molar-refractivity contribution < 1.29 is 0 Å². The van der Waals surface area contributed by atoms with E-state index in [0.29, 0.717) is 5.11 Å². The van der Waals surface area contributed by atoms with Crippen molar-refractivity contribution in [2.75, 3.05) is 20.1 Å². The van der Waals surface area contributed by atoms with Crippen molar-refractivity contribution in [3.63, 3.8) is 0 Å². The quantitative estimate of drug-likeness (QED) is 0.611. The van der Waals surface area contributed by atoms with Gasteiger partial charge in [0.15, 0.2) is 5.11 Å². The summed E-state index contributed by atoms with van der Waals surface area (Å²) < 4.78 is 0. The monoisotopic (exact) mass is 451 g/mol. The zero-order valence-corrected chi connectivity index (χ0v) is 18.4. The summed E-state index contributed by atoms with van der Waals surface area (Å²) in [6.07, 6.45) is 2.14. The number of benzene rings is 2. The van der Waals surface area contributed by atoms with Crippen LogP contribution in [-0.4, -0.2) is 30.1 Å². The standard InChI is InChI=1S/C21H19Cl2N3S.ClH/c1-26-11-14(10-13-6-2-4-8-17(13)22)19-16(12-26)20(25-21(27)24-19)15-7-3-5-9-18(15)23;/h2-10,20H,11-12H2,1H3,(H2,24,25,27);1H/b14-10+;. The maximum Gasteiger partial charge on any atom is 0.171 e. The third-order valence-electron chi connectivity index (χ3n) is 4.84. The molecule has 3 nitrogen and oxygen atoms in total. The minimum atomic E-state index is -0.0557. The van der Waals surface area contributed by atoms with Crippen LogP contribution in [0.5, 0.6) is 0 Å². The molecule has 1 atom stereocenters. The van der Waals surface area contributed by atoms with Crippen LogP contribution < -0.4 is 10.6 Å². The molecule has 7 heteroatoms. The van der Waals surface area contributed by atoms with E-state index in [0.717, 1.165) is 45.5 Å². The molecule has 0 saturated heterocycles. The number of hydrogen-bond donors (Lipinski definition) is 2. The van der Waals surface area contributed by atoms with Gasteiger partial charge in [0.05, 0.1) is 6.04 Å². The Kier molecular flexibility index (Phi) is 6.69. The average Bonchev–Trinajstić information content (AvgIpc) is 2.64. The van der Waals surface area contributed by atoms with Crippen molar-refractivity contribution in [2.24, 2.45) is 0 Å². The molecule has 0 saturated carbocycles. The Balaban J connectivity index is 0.00000225. The van der Waals surface area contributed by atoms with Gasteiger partial charge in [-0.1, -0.05) is 59.6 Å². The van der Waals surface area contributed by atoms with Crippen LogP contribution in [0.3, 0.4) is 0 Å². The summed E-state index contributed by atoms with van der Waals surface area (Å²) in [4.78, 5) is 2.28. The highest BCUT2D eigenvalue weighted by Crippen LogP contribution is 2.36. The van der Waals surface area contributed by atoms with Gasteiger partial charge in [-0.3, -0.25) is 4.90 Å². The molecular formula is C21H20Cl3N3S. The van der Waals surface area contributed by atoms with Crippen molar-refractivity contribution in [2.45, 2.75) is 6.04 Å². The summed E-state index contributed by atoms with van der Waals surface area (Å²) in [6, 6.07) is 15.7. The Labute approximate surface area is 186 Å². The fourth-order valence-corrected chi connectivity index (χ4v) is 4.29. The molecule has 146 valence electrons. The highest BCUT2D eigenvalue weighted by molar-refractivity contribution is 7.80. The van der Waals surface area contributed by atoms with E-state index in [2.05, 4.69) is 28.7 Å².